The maximum absolute atomic E-state index is 14.4. The Morgan fingerprint density at radius 2 is 1.95 bits per heavy atom. The van der Waals surface area contributed by atoms with Gasteiger partial charge in [-0.1, -0.05) is 30.8 Å². The number of nitriles is 1. The van der Waals surface area contributed by atoms with Crippen molar-refractivity contribution in [1.82, 2.24) is 19.8 Å². The lowest BCUT2D eigenvalue weighted by Crippen LogP contribution is -2.56. The van der Waals surface area contributed by atoms with Gasteiger partial charge in [0.05, 0.1) is 18.5 Å². The Balaban J connectivity index is 1.34. The van der Waals surface area contributed by atoms with Crippen LogP contribution in [0.3, 0.4) is 0 Å². The van der Waals surface area contributed by atoms with Crippen molar-refractivity contribution in [2.75, 3.05) is 44.7 Å². The number of ether oxygens (including phenoxy) is 1. The molecular weight excluding hydrogens is 535 g/mol. The van der Waals surface area contributed by atoms with Crippen molar-refractivity contribution in [3.8, 4) is 12.1 Å². The van der Waals surface area contributed by atoms with Crippen LogP contribution < -0.4 is 9.64 Å². The predicted octanol–water partition coefficient (Wildman–Crippen LogP) is 3.67. The monoisotopic (exact) mass is 572 g/mol. The fourth-order valence-corrected chi connectivity index (χ4v) is 7.24. The first-order valence-corrected chi connectivity index (χ1v) is 14.9. The normalized spacial score (nSPS) is 25.6. The lowest BCUT2D eigenvalue weighted by atomic mass is 9.63. The van der Waals surface area contributed by atoms with Crippen molar-refractivity contribution in [3.63, 3.8) is 0 Å². The number of carbonyl (C=O) groups excluding carboxylic acids is 2. The Bertz CT molecular complexity index is 1460. The largest absolute Gasteiger partial charge is 0.462 e. The van der Waals surface area contributed by atoms with E-state index in [1.807, 2.05) is 11.0 Å². The molecule has 6 rings (SSSR count). The Morgan fingerprint density at radius 3 is 2.69 bits per heavy atom. The number of Topliss-reactive ketones (excluding diaryl/α,β-unsaturated/α-hetero) is 1. The van der Waals surface area contributed by atoms with Gasteiger partial charge in [0, 0.05) is 36.7 Å². The number of fused-ring (bicyclic) bond motifs is 2. The molecule has 0 radical (unpaired) electrons. The topological polar surface area (TPSA) is 103 Å². The number of aryl methyl sites for hydroxylation is 1. The minimum atomic E-state index is -1.04. The quantitative estimate of drug-likeness (QED) is 0.484. The van der Waals surface area contributed by atoms with Crippen molar-refractivity contribution in [1.29, 1.82) is 5.26 Å². The Morgan fingerprint density at radius 1 is 1.17 bits per heavy atom. The highest BCUT2D eigenvalue weighted by atomic mass is 19.1. The third kappa shape index (κ3) is 5.15. The molecule has 220 valence electrons. The van der Waals surface area contributed by atoms with Crippen LogP contribution in [0.2, 0.25) is 0 Å². The van der Waals surface area contributed by atoms with Crippen LogP contribution in [0.4, 0.5) is 10.2 Å². The van der Waals surface area contributed by atoms with Crippen LogP contribution in [-0.4, -0.2) is 83.4 Å². The van der Waals surface area contributed by atoms with Crippen LogP contribution in [-0.2, 0) is 24.1 Å². The van der Waals surface area contributed by atoms with E-state index < -0.39 is 23.2 Å². The minimum absolute atomic E-state index is 0.0425. The summed E-state index contributed by atoms with van der Waals surface area (Å²) in [7, 11) is 2.08. The summed E-state index contributed by atoms with van der Waals surface area (Å²) in [5, 5.41) is 9.47. The van der Waals surface area contributed by atoms with Crippen molar-refractivity contribution >= 4 is 17.5 Å². The third-order valence-corrected chi connectivity index (χ3v) is 9.71. The second-order valence-corrected chi connectivity index (χ2v) is 12.2. The molecule has 0 N–H and O–H groups in total. The van der Waals surface area contributed by atoms with Crippen molar-refractivity contribution in [3.05, 3.63) is 59.1 Å². The Hall–Kier alpha value is -3.84. The number of aromatic nitrogens is 2. The van der Waals surface area contributed by atoms with E-state index in [0.717, 1.165) is 37.8 Å². The standard InChI is InChI=1S/C32H37FN6O3/c1-21(33)30(41)39-17-16-38(19-24(39)11-14-34)29-26-10-13-32(12-9-22-6-3-4-7-23(22)18-32)28(40)27(26)35-31(36-29)42-20-25-8-5-15-37(25)2/h3-4,6-7,24-25H,1,5,8-13,15-20H2,2H3/t24-,25-,32+/m0/s1. The second-order valence-electron chi connectivity index (χ2n) is 12.2. The number of likely N-dealkylation sites (N-methyl/N-ethyl adjacent to an activating group) is 1. The molecule has 1 aromatic carbocycles. The Kier molecular flexibility index (Phi) is 7.71. The first kappa shape index (κ1) is 28.3. The lowest BCUT2D eigenvalue weighted by Gasteiger charge is -2.43. The number of benzene rings is 1. The SMILES string of the molecule is C=C(F)C(=O)N1CCN(c2nc(OC[C@@H]3CCCN3C)nc3c2CC[C@@]2(CCc4ccccc4C2)C3=O)C[C@@H]1CC#N. The zero-order valence-corrected chi connectivity index (χ0v) is 24.1. The summed E-state index contributed by atoms with van der Waals surface area (Å²) in [5.74, 6) is -1.17. The average molecular weight is 573 g/mol. The van der Waals surface area contributed by atoms with Gasteiger partial charge >= 0.3 is 6.01 Å². The molecule has 2 fully saturated rings. The molecule has 10 heteroatoms. The molecule has 4 aliphatic rings. The van der Waals surface area contributed by atoms with E-state index in [2.05, 4.69) is 42.8 Å². The maximum Gasteiger partial charge on any atom is 0.319 e. The molecule has 1 spiro atoms. The second kappa shape index (κ2) is 11.4. The average Bonchev–Trinajstić information content (AvgIpc) is 3.42. The van der Waals surface area contributed by atoms with Crippen LogP contribution >= 0.6 is 0 Å². The highest BCUT2D eigenvalue weighted by Gasteiger charge is 2.47. The van der Waals surface area contributed by atoms with Gasteiger partial charge in [-0.25, -0.2) is 4.39 Å². The van der Waals surface area contributed by atoms with Crippen LogP contribution in [0.1, 0.15) is 59.3 Å². The van der Waals surface area contributed by atoms with Gasteiger partial charge < -0.3 is 19.4 Å². The van der Waals surface area contributed by atoms with E-state index in [4.69, 9.17) is 14.7 Å². The summed E-state index contributed by atoms with van der Waals surface area (Å²) < 4.78 is 20.0. The Labute approximate surface area is 246 Å². The number of piperazine rings is 1. The molecule has 0 saturated carbocycles. The summed E-state index contributed by atoms with van der Waals surface area (Å²) in [6.07, 6.45) is 5.87. The highest BCUT2D eigenvalue weighted by molar-refractivity contribution is 6.02. The zero-order valence-electron chi connectivity index (χ0n) is 24.1. The maximum atomic E-state index is 14.4. The summed E-state index contributed by atoms with van der Waals surface area (Å²) in [5.41, 5.74) is 3.24. The first-order valence-electron chi connectivity index (χ1n) is 14.9. The molecule has 1 amide bonds. The van der Waals surface area contributed by atoms with Crippen LogP contribution in [0.25, 0.3) is 0 Å². The van der Waals surface area contributed by atoms with E-state index in [9.17, 15) is 19.2 Å². The molecule has 1 aromatic heterocycles. The van der Waals surface area contributed by atoms with Crippen LogP contribution in [0.15, 0.2) is 36.7 Å². The number of halogens is 1. The number of anilines is 1. The molecule has 3 heterocycles. The van der Waals surface area contributed by atoms with Crippen LogP contribution in [0, 0.1) is 16.7 Å². The molecule has 42 heavy (non-hydrogen) atoms. The summed E-state index contributed by atoms with van der Waals surface area (Å²) in [6.45, 7) is 5.48. The van der Waals surface area contributed by atoms with Crippen molar-refractivity contribution in [2.45, 2.75) is 63.5 Å². The molecule has 0 bridgehead atoms. The number of hydrogen-bond acceptors (Lipinski definition) is 8. The van der Waals surface area contributed by atoms with E-state index in [1.54, 1.807) is 0 Å². The highest BCUT2D eigenvalue weighted by Crippen LogP contribution is 2.46. The van der Waals surface area contributed by atoms with Crippen molar-refractivity contribution < 1.29 is 18.7 Å². The number of hydrogen-bond donors (Lipinski definition) is 0. The summed E-state index contributed by atoms with van der Waals surface area (Å²) >= 11 is 0. The number of likely N-dealkylation sites (tertiary alicyclic amines) is 1. The van der Waals surface area contributed by atoms with Gasteiger partial charge in [0.25, 0.3) is 5.91 Å². The number of nitrogens with zero attached hydrogens (tertiary/aromatic N) is 6. The molecule has 3 atom stereocenters. The first-order chi connectivity index (χ1) is 20.3. The van der Waals surface area contributed by atoms with E-state index in [0.29, 0.717) is 43.9 Å². The molecule has 9 nitrogen and oxygen atoms in total. The molecule has 2 aliphatic heterocycles. The van der Waals surface area contributed by atoms with Gasteiger partial charge in [-0.2, -0.15) is 15.2 Å². The third-order valence-electron chi connectivity index (χ3n) is 9.71. The molecule has 2 aliphatic carbocycles. The summed E-state index contributed by atoms with van der Waals surface area (Å²) in [6, 6.07) is 10.4. The fourth-order valence-electron chi connectivity index (χ4n) is 7.24. The van der Waals surface area contributed by atoms with Gasteiger partial charge in [-0.3, -0.25) is 9.59 Å². The number of amides is 1. The van der Waals surface area contributed by atoms with E-state index >= 15 is 0 Å². The van der Waals surface area contributed by atoms with E-state index in [-0.39, 0.29) is 37.3 Å². The predicted molar refractivity (Wildman–Crippen MR) is 155 cm³/mol. The van der Waals surface area contributed by atoms with E-state index in [1.165, 1.54) is 16.0 Å². The lowest BCUT2D eigenvalue weighted by molar-refractivity contribution is -0.131. The fraction of sp³-hybridized carbons (Fsp3) is 0.531. The number of carbonyl (C=O) groups is 2. The van der Waals surface area contributed by atoms with Gasteiger partial charge in [0.15, 0.2) is 11.6 Å². The van der Waals surface area contributed by atoms with Crippen molar-refractivity contribution in [2.24, 2.45) is 5.41 Å². The van der Waals surface area contributed by atoms with Gasteiger partial charge in [-0.05, 0) is 69.7 Å². The molecule has 2 saturated heterocycles. The minimum Gasteiger partial charge on any atom is -0.462 e. The van der Waals surface area contributed by atoms with Gasteiger partial charge in [0.2, 0.25) is 0 Å². The molecule has 2 aromatic rings. The summed E-state index contributed by atoms with van der Waals surface area (Å²) in [4.78, 5) is 42.1. The van der Waals surface area contributed by atoms with Gasteiger partial charge in [0.1, 0.15) is 18.1 Å². The molecular formula is C32H37FN6O3. The van der Waals surface area contributed by atoms with Crippen LogP contribution in [0.5, 0.6) is 6.01 Å². The smallest absolute Gasteiger partial charge is 0.319 e. The number of rotatable bonds is 6. The molecule has 0 unspecified atom stereocenters. The van der Waals surface area contributed by atoms with Gasteiger partial charge in [-0.15, -0.1) is 0 Å². The number of ketones is 1. The zero-order chi connectivity index (χ0) is 29.4.